The molecular weight excluding hydrogens is 360 g/mol. The summed E-state index contributed by atoms with van der Waals surface area (Å²) >= 11 is 1.42. The monoisotopic (exact) mass is 372 g/mol. The molecule has 2 heterocycles. The van der Waals surface area contributed by atoms with E-state index in [-0.39, 0.29) is 16.9 Å². The van der Waals surface area contributed by atoms with E-state index in [2.05, 4.69) is 15.8 Å². The number of hydrogen-bond donors (Lipinski definition) is 2. The molecule has 2 N–H and O–H groups in total. The SMILES string of the molecule is Cc1oc(-c2cccs2)nc1C(=O)NNC(=O)c1cccc([N+](=O)[O-])c1. The number of carbonyl (C=O) groups excluding carboxylic acids is 2. The van der Waals surface area contributed by atoms with E-state index in [0.29, 0.717) is 11.7 Å². The molecule has 2 amide bonds. The molecule has 2 aromatic heterocycles. The van der Waals surface area contributed by atoms with Crippen LogP contribution in [0.3, 0.4) is 0 Å². The number of hydrazine groups is 1. The standard InChI is InChI=1S/C16H12N4O5S/c1-9-13(17-16(25-9)12-6-3-7-26-12)15(22)19-18-14(21)10-4-2-5-11(8-10)20(23)24/h2-8H,1H3,(H,18,21)(H,19,22). The molecule has 1 aromatic carbocycles. The molecule has 10 heteroatoms. The Labute approximate surface area is 150 Å². The maximum absolute atomic E-state index is 12.2. The van der Waals surface area contributed by atoms with Crippen LogP contribution in [0, 0.1) is 17.0 Å². The lowest BCUT2D eigenvalue weighted by Gasteiger charge is -2.06. The molecule has 0 fully saturated rings. The molecule has 0 saturated carbocycles. The molecule has 0 atom stereocenters. The topological polar surface area (TPSA) is 127 Å². The molecule has 0 aliphatic heterocycles. The summed E-state index contributed by atoms with van der Waals surface area (Å²) in [5, 5.41) is 12.6. The average Bonchev–Trinajstić information content (AvgIpc) is 3.29. The molecule has 0 bridgehead atoms. The number of thiophene rings is 1. The highest BCUT2D eigenvalue weighted by Gasteiger charge is 2.19. The van der Waals surface area contributed by atoms with E-state index in [1.54, 1.807) is 6.92 Å². The lowest BCUT2D eigenvalue weighted by atomic mass is 10.2. The molecule has 0 aliphatic rings. The van der Waals surface area contributed by atoms with E-state index in [0.717, 1.165) is 10.9 Å². The van der Waals surface area contributed by atoms with Gasteiger partial charge in [0.1, 0.15) is 5.76 Å². The van der Waals surface area contributed by atoms with Gasteiger partial charge in [0.15, 0.2) is 5.69 Å². The van der Waals surface area contributed by atoms with Crippen LogP contribution in [-0.4, -0.2) is 21.7 Å². The molecule has 0 saturated heterocycles. The van der Waals surface area contributed by atoms with Gasteiger partial charge in [-0.1, -0.05) is 12.1 Å². The quantitative estimate of drug-likeness (QED) is 0.535. The van der Waals surface area contributed by atoms with Gasteiger partial charge in [0.25, 0.3) is 17.5 Å². The molecule has 0 unspecified atom stereocenters. The molecule has 3 aromatic rings. The number of benzene rings is 1. The van der Waals surface area contributed by atoms with Gasteiger partial charge in [0.05, 0.1) is 9.80 Å². The van der Waals surface area contributed by atoms with Gasteiger partial charge >= 0.3 is 0 Å². The number of carbonyl (C=O) groups is 2. The first kappa shape index (κ1) is 17.3. The lowest BCUT2D eigenvalue weighted by Crippen LogP contribution is -2.42. The highest BCUT2D eigenvalue weighted by molar-refractivity contribution is 7.13. The number of rotatable bonds is 4. The molecule has 132 valence electrons. The Hall–Kier alpha value is -3.53. The third kappa shape index (κ3) is 3.59. The highest BCUT2D eigenvalue weighted by Crippen LogP contribution is 2.25. The summed E-state index contributed by atoms with van der Waals surface area (Å²) in [4.78, 5) is 39.3. The summed E-state index contributed by atoms with van der Waals surface area (Å²) < 4.78 is 5.46. The largest absolute Gasteiger partial charge is 0.440 e. The predicted molar refractivity (Wildman–Crippen MR) is 92.6 cm³/mol. The average molecular weight is 372 g/mol. The number of nitrogens with one attached hydrogen (secondary N) is 2. The second-order valence-electron chi connectivity index (χ2n) is 5.12. The minimum absolute atomic E-state index is 0.0349. The first-order chi connectivity index (χ1) is 12.5. The van der Waals surface area contributed by atoms with Gasteiger partial charge in [0.2, 0.25) is 5.89 Å². The van der Waals surface area contributed by atoms with Crippen LogP contribution in [0.1, 0.15) is 26.6 Å². The first-order valence-corrected chi connectivity index (χ1v) is 8.20. The third-order valence-corrected chi connectivity index (χ3v) is 4.21. The zero-order chi connectivity index (χ0) is 18.7. The van der Waals surface area contributed by atoms with Crippen LogP contribution in [0.25, 0.3) is 10.8 Å². The van der Waals surface area contributed by atoms with E-state index in [1.807, 2.05) is 17.5 Å². The van der Waals surface area contributed by atoms with Crippen molar-refractivity contribution in [2.75, 3.05) is 0 Å². The minimum atomic E-state index is -0.693. The molecular formula is C16H12N4O5S. The van der Waals surface area contributed by atoms with Crippen LogP contribution in [-0.2, 0) is 0 Å². The Balaban J connectivity index is 1.68. The molecule has 26 heavy (non-hydrogen) atoms. The zero-order valence-electron chi connectivity index (χ0n) is 13.4. The number of nitrogens with zero attached hydrogens (tertiary/aromatic N) is 2. The fourth-order valence-electron chi connectivity index (χ4n) is 2.12. The van der Waals surface area contributed by atoms with Crippen molar-refractivity contribution in [2.45, 2.75) is 6.92 Å². The van der Waals surface area contributed by atoms with Crippen LogP contribution in [0.4, 0.5) is 5.69 Å². The van der Waals surface area contributed by atoms with E-state index in [4.69, 9.17) is 4.42 Å². The van der Waals surface area contributed by atoms with Gasteiger partial charge in [-0.2, -0.15) is 0 Å². The molecule has 9 nitrogen and oxygen atoms in total. The van der Waals surface area contributed by atoms with Crippen molar-refractivity contribution in [2.24, 2.45) is 0 Å². The van der Waals surface area contributed by atoms with Crippen molar-refractivity contribution in [1.82, 2.24) is 15.8 Å². The van der Waals surface area contributed by atoms with Gasteiger partial charge in [-0.3, -0.25) is 30.6 Å². The second-order valence-corrected chi connectivity index (χ2v) is 6.06. The fourth-order valence-corrected chi connectivity index (χ4v) is 2.77. The van der Waals surface area contributed by atoms with Crippen LogP contribution < -0.4 is 10.9 Å². The second kappa shape index (κ2) is 7.15. The van der Waals surface area contributed by atoms with Crippen molar-refractivity contribution < 1.29 is 18.9 Å². The van der Waals surface area contributed by atoms with Gasteiger partial charge in [0, 0.05) is 17.7 Å². The number of aryl methyl sites for hydroxylation is 1. The summed E-state index contributed by atoms with van der Waals surface area (Å²) in [6, 6.07) is 8.78. The van der Waals surface area contributed by atoms with Gasteiger partial charge in [-0.05, 0) is 24.4 Å². The Morgan fingerprint density at radius 2 is 1.96 bits per heavy atom. The Morgan fingerprint density at radius 1 is 1.19 bits per heavy atom. The van der Waals surface area contributed by atoms with Gasteiger partial charge in [-0.15, -0.1) is 11.3 Å². The number of nitro benzene ring substituents is 1. The van der Waals surface area contributed by atoms with Crippen LogP contribution in [0.5, 0.6) is 0 Å². The van der Waals surface area contributed by atoms with Crippen LogP contribution in [0.15, 0.2) is 46.2 Å². The first-order valence-electron chi connectivity index (χ1n) is 7.32. The van der Waals surface area contributed by atoms with E-state index < -0.39 is 16.7 Å². The van der Waals surface area contributed by atoms with E-state index in [1.165, 1.54) is 29.5 Å². The van der Waals surface area contributed by atoms with Crippen molar-refractivity contribution in [1.29, 1.82) is 0 Å². The number of hydrogen-bond acceptors (Lipinski definition) is 7. The summed E-state index contributed by atoms with van der Waals surface area (Å²) in [5.41, 5.74) is 4.26. The lowest BCUT2D eigenvalue weighted by molar-refractivity contribution is -0.384. The number of oxazole rings is 1. The Kier molecular flexibility index (Phi) is 4.76. The Bertz CT molecular complexity index is 980. The molecule has 0 spiro atoms. The molecule has 3 rings (SSSR count). The maximum atomic E-state index is 12.2. The number of non-ortho nitro benzene ring substituents is 1. The summed E-state index contributed by atoms with van der Waals surface area (Å²) in [6.45, 7) is 1.58. The van der Waals surface area contributed by atoms with Gasteiger partial charge < -0.3 is 4.42 Å². The highest BCUT2D eigenvalue weighted by atomic mass is 32.1. The molecule has 0 aliphatic carbocycles. The van der Waals surface area contributed by atoms with Crippen LogP contribution >= 0.6 is 11.3 Å². The summed E-state index contributed by atoms with van der Waals surface area (Å²) in [6.07, 6.45) is 0. The van der Waals surface area contributed by atoms with Crippen molar-refractivity contribution in [3.8, 4) is 10.8 Å². The maximum Gasteiger partial charge on any atom is 0.291 e. The van der Waals surface area contributed by atoms with E-state index in [9.17, 15) is 19.7 Å². The number of amides is 2. The minimum Gasteiger partial charge on any atom is -0.440 e. The molecule has 0 radical (unpaired) electrons. The van der Waals surface area contributed by atoms with E-state index >= 15 is 0 Å². The summed E-state index contributed by atoms with van der Waals surface area (Å²) in [7, 11) is 0. The number of aromatic nitrogens is 1. The van der Waals surface area contributed by atoms with Crippen LogP contribution in [0.2, 0.25) is 0 Å². The zero-order valence-corrected chi connectivity index (χ0v) is 14.2. The van der Waals surface area contributed by atoms with Crippen molar-refractivity contribution in [3.63, 3.8) is 0 Å². The number of nitro groups is 1. The van der Waals surface area contributed by atoms with Gasteiger partial charge in [-0.25, -0.2) is 4.98 Å². The van der Waals surface area contributed by atoms with Crippen molar-refractivity contribution in [3.05, 3.63) is 68.9 Å². The predicted octanol–water partition coefficient (Wildman–Crippen LogP) is 2.69. The normalized spacial score (nSPS) is 10.3. The Morgan fingerprint density at radius 3 is 2.65 bits per heavy atom. The summed E-state index contributed by atoms with van der Waals surface area (Å²) in [5.74, 6) is -0.738. The smallest absolute Gasteiger partial charge is 0.291 e. The third-order valence-electron chi connectivity index (χ3n) is 3.35. The van der Waals surface area contributed by atoms with Crippen molar-refractivity contribution >= 4 is 28.8 Å². The fraction of sp³-hybridized carbons (Fsp3) is 0.0625.